The normalized spacial score (nSPS) is 24.7. The fourth-order valence-electron chi connectivity index (χ4n) is 1.93. The van der Waals surface area contributed by atoms with Crippen molar-refractivity contribution >= 4 is 16.0 Å². The molecular formula is C11H15NO7S. The molecule has 0 radical (unpaired) electrons. The molecule has 0 aromatic carbocycles. The van der Waals surface area contributed by atoms with Crippen molar-refractivity contribution in [3.8, 4) is 0 Å². The molecule has 2 N–H and O–H groups in total. The van der Waals surface area contributed by atoms with Crippen molar-refractivity contribution in [2.45, 2.75) is 24.2 Å². The van der Waals surface area contributed by atoms with Gasteiger partial charge in [-0.25, -0.2) is 13.2 Å². The molecule has 20 heavy (non-hydrogen) atoms. The van der Waals surface area contributed by atoms with Crippen LogP contribution >= 0.6 is 0 Å². The molecule has 1 aromatic rings. The first-order valence-electron chi connectivity index (χ1n) is 5.93. The molecule has 2 unspecified atom stereocenters. The topological polar surface area (TPSA) is 117 Å². The van der Waals surface area contributed by atoms with Crippen LogP contribution in [0.15, 0.2) is 21.6 Å². The Hall–Kier alpha value is -1.42. The van der Waals surface area contributed by atoms with Gasteiger partial charge < -0.3 is 19.4 Å². The van der Waals surface area contributed by atoms with Crippen molar-refractivity contribution in [1.29, 1.82) is 0 Å². The number of furan rings is 1. The van der Waals surface area contributed by atoms with Gasteiger partial charge in [0.25, 0.3) is 10.0 Å². The molecule has 1 saturated heterocycles. The number of hydrogen-bond acceptors (Lipinski definition) is 6. The first kappa shape index (κ1) is 15.0. The maximum Gasteiger partial charge on any atom is 0.371 e. The third-order valence-corrected chi connectivity index (χ3v) is 4.86. The van der Waals surface area contributed by atoms with Crippen LogP contribution < -0.4 is 0 Å². The molecule has 1 aromatic heterocycles. The van der Waals surface area contributed by atoms with E-state index in [1.807, 2.05) is 0 Å². The average molecular weight is 305 g/mol. The van der Waals surface area contributed by atoms with Crippen LogP contribution in [-0.4, -0.2) is 60.8 Å². The molecule has 8 nitrogen and oxygen atoms in total. The number of hydrogen-bond donors (Lipinski definition) is 2. The van der Waals surface area contributed by atoms with E-state index in [9.17, 15) is 13.2 Å². The number of carboxylic acid groups (broad SMARTS) is 1. The number of morpholine rings is 1. The number of rotatable bonds is 4. The molecular weight excluding hydrogens is 290 g/mol. The van der Waals surface area contributed by atoms with E-state index in [0.29, 0.717) is 0 Å². The van der Waals surface area contributed by atoms with Gasteiger partial charge in [0.1, 0.15) is 0 Å². The lowest BCUT2D eigenvalue weighted by molar-refractivity contribution is -0.0519. The summed E-state index contributed by atoms with van der Waals surface area (Å²) in [5, 5.41) is 17.4. The Morgan fingerprint density at radius 2 is 2.20 bits per heavy atom. The van der Waals surface area contributed by atoms with Gasteiger partial charge in [-0.15, -0.1) is 0 Å². The van der Waals surface area contributed by atoms with Gasteiger partial charge in [-0.3, -0.25) is 0 Å². The minimum absolute atomic E-state index is 0.0108. The van der Waals surface area contributed by atoms with Crippen molar-refractivity contribution in [2.24, 2.45) is 0 Å². The van der Waals surface area contributed by atoms with Crippen LogP contribution in [0.2, 0.25) is 0 Å². The molecule has 1 aliphatic heterocycles. The summed E-state index contributed by atoms with van der Waals surface area (Å²) in [6.45, 7) is 1.50. The van der Waals surface area contributed by atoms with E-state index in [1.165, 1.54) is 0 Å². The summed E-state index contributed by atoms with van der Waals surface area (Å²) in [5.74, 6) is -1.78. The van der Waals surface area contributed by atoms with Gasteiger partial charge >= 0.3 is 5.97 Å². The van der Waals surface area contributed by atoms with E-state index in [-0.39, 0.29) is 19.8 Å². The summed E-state index contributed by atoms with van der Waals surface area (Å²) in [6, 6.07) is 1.76. The highest BCUT2D eigenvalue weighted by Crippen LogP contribution is 2.24. The highest BCUT2D eigenvalue weighted by Gasteiger charge is 2.37. The fourth-order valence-corrected chi connectivity index (χ4v) is 3.49. The van der Waals surface area contributed by atoms with E-state index < -0.39 is 39.0 Å². The molecule has 0 aliphatic carbocycles. The second kappa shape index (κ2) is 5.52. The standard InChI is InChI=1S/C11H15NO7S/c1-7-6-18-8(5-13)4-12(7)20(16,17)10-3-2-9(19-10)11(14)15/h2-3,7-8,13H,4-6H2,1H3,(H,14,15). The summed E-state index contributed by atoms with van der Waals surface area (Å²) in [5.41, 5.74) is 0. The first-order chi connectivity index (χ1) is 9.36. The van der Waals surface area contributed by atoms with Crippen molar-refractivity contribution in [1.82, 2.24) is 4.31 Å². The zero-order valence-corrected chi connectivity index (χ0v) is 11.5. The second-order valence-electron chi connectivity index (χ2n) is 4.49. The zero-order valence-electron chi connectivity index (χ0n) is 10.7. The zero-order chi connectivity index (χ0) is 14.9. The molecule has 9 heteroatoms. The SMILES string of the molecule is CC1COC(CO)CN1S(=O)(=O)c1ccc(C(=O)O)o1. The van der Waals surface area contributed by atoms with Gasteiger partial charge in [-0.2, -0.15) is 4.31 Å². The predicted octanol–water partition coefficient (Wildman–Crippen LogP) is -0.252. The molecule has 0 saturated carbocycles. The highest BCUT2D eigenvalue weighted by molar-refractivity contribution is 7.89. The maximum atomic E-state index is 12.4. The minimum Gasteiger partial charge on any atom is -0.475 e. The fraction of sp³-hybridized carbons (Fsp3) is 0.545. The highest BCUT2D eigenvalue weighted by atomic mass is 32.2. The van der Waals surface area contributed by atoms with Crippen molar-refractivity contribution < 1.29 is 32.6 Å². The van der Waals surface area contributed by atoms with E-state index in [4.69, 9.17) is 19.4 Å². The first-order valence-corrected chi connectivity index (χ1v) is 7.37. The lowest BCUT2D eigenvalue weighted by Gasteiger charge is -2.35. The van der Waals surface area contributed by atoms with Crippen LogP contribution in [0, 0.1) is 0 Å². The molecule has 2 heterocycles. The average Bonchev–Trinajstić information content (AvgIpc) is 2.89. The Kier molecular flexibility index (Phi) is 4.14. The molecule has 2 rings (SSSR count). The van der Waals surface area contributed by atoms with Gasteiger partial charge in [0.2, 0.25) is 10.9 Å². The molecule has 0 bridgehead atoms. The summed E-state index contributed by atoms with van der Waals surface area (Å²) >= 11 is 0. The summed E-state index contributed by atoms with van der Waals surface area (Å²) in [6.07, 6.45) is -0.602. The molecule has 0 amide bonds. The maximum absolute atomic E-state index is 12.4. The van der Waals surface area contributed by atoms with Crippen molar-refractivity contribution in [2.75, 3.05) is 19.8 Å². The monoisotopic (exact) mass is 305 g/mol. The number of ether oxygens (including phenoxy) is 1. The van der Waals surface area contributed by atoms with Crippen LogP contribution in [0.5, 0.6) is 0 Å². The number of aliphatic hydroxyl groups is 1. The molecule has 0 spiro atoms. The number of aliphatic hydroxyl groups excluding tert-OH is 1. The van der Waals surface area contributed by atoms with Crippen LogP contribution in [0.25, 0.3) is 0 Å². The largest absolute Gasteiger partial charge is 0.475 e. The second-order valence-corrected chi connectivity index (χ2v) is 6.31. The Bertz CT molecular complexity index is 594. The van der Waals surface area contributed by atoms with Crippen LogP contribution in [-0.2, 0) is 14.8 Å². The Balaban J connectivity index is 2.30. The van der Waals surface area contributed by atoms with Gasteiger partial charge in [-0.05, 0) is 19.1 Å². The molecule has 112 valence electrons. The van der Waals surface area contributed by atoms with Crippen LogP contribution in [0.4, 0.5) is 0 Å². The van der Waals surface area contributed by atoms with E-state index in [1.54, 1.807) is 6.92 Å². The predicted molar refractivity (Wildman–Crippen MR) is 65.8 cm³/mol. The molecule has 1 fully saturated rings. The quantitative estimate of drug-likeness (QED) is 0.787. The molecule has 1 aliphatic rings. The number of sulfonamides is 1. The Morgan fingerprint density at radius 3 is 2.75 bits per heavy atom. The number of aromatic carboxylic acids is 1. The van der Waals surface area contributed by atoms with Crippen LogP contribution in [0.1, 0.15) is 17.5 Å². The van der Waals surface area contributed by atoms with Gasteiger partial charge in [0, 0.05) is 12.6 Å². The number of carbonyl (C=O) groups is 1. The summed E-state index contributed by atoms with van der Waals surface area (Å²) < 4.78 is 36.0. The van der Waals surface area contributed by atoms with E-state index in [0.717, 1.165) is 16.4 Å². The third kappa shape index (κ3) is 2.70. The summed E-state index contributed by atoms with van der Waals surface area (Å²) in [4.78, 5) is 10.7. The Labute approximate surface area is 115 Å². The van der Waals surface area contributed by atoms with Gasteiger partial charge in [0.15, 0.2) is 0 Å². The lowest BCUT2D eigenvalue weighted by Crippen LogP contribution is -2.51. The minimum atomic E-state index is -3.95. The molecule has 2 atom stereocenters. The van der Waals surface area contributed by atoms with E-state index >= 15 is 0 Å². The van der Waals surface area contributed by atoms with Gasteiger partial charge in [0.05, 0.1) is 19.3 Å². The van der Waals surface area contributed by atoms with E-state index in [2.05, 4.69) is 0 Å². The lowest BCUT2D eigenvalue weighted by atomic mass is 10.2. The number of carboxylic acids is 1. The van der Waals surface area contributed by atoms with Gasteiger partial charge in [-0.1, -0.05) is 0 Å². The van der Waals surface area contributed by atoms with Crippen LogP contribution in [0.3, 0.4) is 0 Å². The number of nitrogens with zero attached hydrogens (tertiary/aromatic N) is 1. The third-order valence-electron chi connectivity index (χ3n) is 3.01. The Morgan fingerprint density at radius 1 is 1.50 bits per heavy atom. The summed E-state index contributed by atoms with van der Waals surface area (Å²) in [7, 11) is -3.95. The smallest absolute Gasteiger partial charge is 0.371 e. The van der Waals surface area contributed by atoms with Crippen molar-refractivity contribution in [3.63, 3.8) is 0 Å². The van der Waals surface area contributed by atoms with Crippen molar-refractivity contribution in [3.05, 3.63) is 17.9 Å².